The number of benzene rings is 1. The Morgan fingerprint density at radius 1 is 1.30 bits per heavy atom. The zero-order valence-electron chi connectivity index (χ0n) is 11.8. The predicted octanol–water partition coefficient (Wildman–Crippen LogP) is 1.96. The van der Waals surface area contributed by atoms with Crippen molar-refractivity contribution in [1.82, 2.24) is 4.90 Å². The van der Waals surface area contributed by atoms with E-state index < -0.39 is 0 Å². The fourth-order valence-electron chi connectivity index (χ4n) is 2.46. The Balaban J connectivity index is 2.16. The van der Waals surface area contributed by atoms with E-state index in [1.807, 2.05) is 29.7 Å². The molecule has 6 nitrogen and oxygen atoms in total. The van der Waals surface area contributed by atoms with Crippen molar-refractivity contribution in [2.75, 3.05) is 31.1 Å². The molecule has 0 spiro atoms. The van der Waals surface area contributed by atoms with E-state index in [1.54, 1.807) is 12.1 Å². The Hall–Kier alpha value is -2.11. The van der Waals surface area contributed by atoms with Gasteiger partial charge in [0.2, 0.25) is 5.91 Å². The molecule has 0 atom stereocenters. The molecule has 0 radical (unpaired) electrons. The fourth-order valence-corrected chi connectivity index (χ4v) is 2.46. The highest BCUT2D eigenvalue weighted by Crippen LogP contribution is 2.29. The summed E-state index contributed by atoms with van der Waals surface area (Å²) < 4.78 is 0. The standard InChI is InChI=1S/C14H19N3O3/c1-3-14(18)16-8-6-15(7-9-16)13-10-11(2)4-5-12(13)17(19)20/h4-5,10H,3,6-9H2,1-2H3. The van der Waals surface area contributed by atoms with Crippen LogP contribution < -0.4 is 4.90 Å². The van der Waals surface area contributed by atoms with Crippen LogP contribution in [0.25, 0.3) is 0 Å². The van der Waals surface area contributed by atoms with E-state index in [9.17, 15) is 14.9 Å². The van der Waals surface area contributed by atoms with Gasteiger partial charge in [-0.25, -0.2) is 0 Å². The van der Waals surface area contributed by atoms with Crippen LogP contribution in [0.5, 0.6) is 0 Å². The molecule has 1 aliphatic heterocycles. The van der Waals surface area contributed by atoms with E-state index in [0.717, 1.165) is 5.56 Å². The topological polar surface area (TPSA) is 66.7 Å². The predicted molar refractivity (Wildman–Crippen MR) is 76.9 cm³/mol. The number of carbonyl (C=O) groups is 1. The number of amides is 1. The Labute approximate surface area is 118 Å². The summed E-state index contributed by atoms with van der Waals surface area (Å²) in [6.45, 7) is 6.28. The molecule has 1 amide bonds. The first-order chi connectivity index (χ1) is 9.52. The molecule has 0 aromatic heterocycles. The first kappa shape index (κ1) is 14.3. The third kappa shape index (κ3) is 2.89. The maximum absolute atomic E-state index is 11.6. The highest BCUT2D eigenvalue weighted by Gasteiger charge is 2.25. The van der Waals surface area contributed by atoms with Crippen molar-refractivity contribution in [3.63, 3.8) is 0 Å². The molecular weight excluding hydrogens is 258 g/mol. The number of anilines is 1. The average Bonchev–Trinajstić information content (AvgIpc) is 2.46. The van der Waals surface area contributed by atoms with Gasteiger partial charge in [0.25, 0.3) is 5.69 Å². The van der Waals surface area contributed by atoms with E-state index in [1.165, 1.54) is 0 Å². The molecule has 20 heavy (non-hydrogen) atoms. The van der Waals surface area contributed by atoms with Crippen LogP contribution in [-0.2, 0) is 4.79 Å². The third-order valence-electron chi connectivity index (χ3n) is 3.60. The lowest BCUT2D eigenvalue weighted by atomic mass is 10.1. The molecule has 0 unspecified atom stereocenters. The summed E-state index contributed by atoms with van der Waals surface area (Å²) in [6, 6.07) is 5.14. The lowest BCUT2D eigenvalue weighted by Crippen LogP contribution is -2.48. The van der Waals surface area contributed by atoms with Gasteiger partial charge in [-0.2, -0.15) is 0 Å². The molecule has 1 aromatic carbocycles. The normalized spacial score (nSPS) is 15.3. The number of carbonyl (C=O) groups excluding carboxylic acids is 1. The second-order valence-electron chi connectivity index (χ2n) is 4.97. The second kappa shape index (κ2) is 5.90. The molecule has 1 heterocycles. The minimum absolute atomic E-state index is 0.130. The monoisotopic (exact) mass is 277 g/mol. The zero-order chi connectivity index (χ0) is 14.7. The number of piperazine rings is 1. The van der Waals surface area contributed by atoms with Crippen LogP contribution in [-0.4, -0.2) is 41.9 Å². The molecule has 0 aliphatic carbocycles. The van der Waals surface area contributed by atoms with Gasteiger partial charge in [0, 0.05) is 38.7 Å². The first-order valence-electron chi connectivity index (χ1n) is 6.80. The Bertz CT molecular complexity index is 522. The zero-order valence-corrected chi connectivity index (χ0v) is 11.8. The number of hydrogen-bond donors (Lipinski definition) is 0. The summed E-state index contributed by atoms with van der Waals surface area (Å²) in [6.07, 6.45) is 0.505. The minimum atomic E-state index is -0.349. The summed E-state index contributed by atoms with van der Waals surface area (Å²) in [4.78, 5) is 26.2. The van der Waals surface area contributed by atoms with Crippen molar-refractivity contribution in [2.45, 2.75) is 20.3 Å². The molecule has 0 bridgehead atoms. The van der Waals surface area contributed by atoms with Gasteiger partial charge >= 0.3 is 0 Å². The van der Waals surface area contributed by atoms with E-state index in [4.69, 9.17) is 0 Å². The van der Waals surface area contributed by atoms with Crippen molar-refractivity contribution in [2.24, 2.45) is 0 Å². The molecule has 1 aliphatic rings. The summed E-state index contributed by atoms with van der Waals surface area (Å²) in [7, 11) is 0. The van der Waals surface area contributed by atoms with Gasteiger partial charge in [0.1, 0.15) is 5.69 Å². The molecule has 1 fully saturated rings. The van der Waals surface area contributed by atoms with E-state index >= 15 is 0 Å². The molecule has 108 valence electrons. The van der Waals surface area contributed by atoms with Crippen LogP contribution in [0.3, 0.4) is 0 Å². The highest BCUT2D eigenvalue weighted by atomic mass is 16.6. The van der Waals surface area contributed by atoms with Crippen LogP contribution in [0.15, 0.2) is 18.2 Å². The van der Waals surface area contributed by atoms with Crippen molar-refractivity contribution < 1.29 is 9.72 Å². The van der Waals surface area contributed by atoms with Crippen LogP contribution in [0.2, 0.25) is 0 Å². The third-order valence-corrected chi connectivity index (χ3v) is 3.60. The highest BCUT2D eigenvalue weighted by molar-refractivity contribution is 5.76. The average molecular weight is 277 g/mol. The minimum Gasteiger partial charge on any atom is -0.362 e. The van der Waals surface area contributed by atoms with E-state index in [0.29, 0.717) is 38.3 Å². The number of nitro benzene ring substituents is 1. The van der Waals surface area contributed by atoms with Gasteiger partial charge in [-0.15, -0.1) is 0 Å². The summed E-state index contributed by atoms with van der Waals surface area (Å²) in [5, 5.41) is 11.1. The Morgan fingerprint density at radius 2 is 1.95 bits per heavy atom. The number of hydrogen-bond acceptors (Lipinski definition) is 4. The van der Waals surface area contributed by atoms with Crippen molar-refractivity contribution >= 4 is 17.3 Å². The Morgan fingerprint density at radius 3 is 2.50 bits per heavy atom. The summed E-state index contributed by atoms with van der Waals surface area (Å²) in [5.41, 5.74) is 1.78. The van der Waals surface area contributed by atoms with Gasteiger partial charge in [-0.05, 0) is 18.6 Å². The Kier molecular flexibility index (Phi) is 4.22. The summed E-state index contributed by atoms with van der Waals surface area (Å²) >= 11 is 0. The molecule has 6 heteroatoms. The maximum atomic E-state index is 11.6. The fraction of sp³-hybridized carbons (Fsp3) is 0.500. The number of aryl methyl sites for hydroxylation is 1. The lowest BCUT2D eigenvalue weighted by Gasteiger charge is -2.35. The van der Waals surface area contributed by atoms with Crippen LogP contribution in [0, 0.1) is 17.0 Å². The summed E-state index contributed by atoms with van der Waals surface area (Å²) in [5.74, 6) is 0.142. The second-order valence-corrected chi connectivity index (χ2v) is 4.97. The van der Waals surface area contributed by atoms with Gasteiger partial charge < -0.3 is 9.80 Å². The van der Waals surface area contributed by atoms with Crippen LogP contribution in [0.1, 0.15) is 18.9 Å². The van der Waals surface area contributed by atoms with Crippen LogP contribution >= 0.6 is 0 Å². The molecule has 0 saturated carbocycles. The molecule has 1 aromatic rings. The quantitative estimate of drug-likeness (QED) is 0.625. The first-order valence-corrected chi connectivity index (χ1v) is 6.80. The van der Waals surface area contributed by atoms with Crippen molar-refractivity contribution in [3.05, 3.63) is 33.9 Å². The van der Waals surface area contributed by atoms with E-state index in [2.05, 4.69) is 0 Å². The van der Waals surface area contributed by atoms with Crippen molar-refractivity contribution in [3.8, 4) is 0 Å². The molecule has 2 rings (SSSR count). The smallest absolute Gasteiger partial charge is 0.292 e. The van der Waals surface area contributed by atoms with Crippen LogP contribution in [0.4, 0.5) is 11.4 Å². The lowest BCUT2D eigenvalue weighted by molar-refractivity contribution is -0.384. The number of rotatable bonds is 3. The molecular formula is C14H19N3O3. The number of nitrogens with zero attached hydrogens (tertiary/aromatic N) is 3. The number of nitro groups is 1. The van der Waals surface area contributed by atoms with Gasteiger partial charge in [-0.3, -0.25) is 14.9 Å². The van der Waals surface area contributed by atoms with Crippen molar-refractivity contribution in [1.29, 1.82) is 0 Å². The maximum Gasteiger partial charge on any atom is 0.292 e. The van der Waals surface area contributed by atoms with Gasteiger partial charge in [0.05, 0.1) is 4.92 Å². The largest absolute Gasteiger partial charge is 0.362 e. The van der Waals surface area contributed by atoms with E-state index in [-0.39, 0.29) is 16.5 Å². The van der Waals surface area contributed by atoms with Gasteiger partial charge in [0.15, 0.2) is 0 Å². The van der Waals surface area contributed by atoms with Gasteiger partial charge in [-0.1, -0.05) is 13.0 Å². The SMILES string of the molecule is CCC(=O)N1CCN(c2cc(C)ccc2[N+](=O)[O-])CC1. The molecule has 1 saturated heterocycles. The molecule has 0 N–H and O–H groups in total.